The normalized spacial score (nSPS) is 17.8. The third kappa shape index (κ3) is 3.82. The standard InChI is InChI=1S/C15H22N2O2S/c1-4-11-10-20-15(16-11)17-12-7-8-13(18-5-2)14(9-12)19-6-3/h7-9,11H,4-6,10H2,1-3H3,(H,16,17). The van der Waals surface area contributed by atoms with Crippen LogP contribution in [0.15, 0.2) is 23.2 Å². The van der Waals surface area contributed by atoms with E-state index in [0.29, 0.717) is 19.3 Å². The average molecular weight is 294 g/mol. The lowest BCUT2D eigenvalue weighted by Gasteiger charge is -2.13. The van der Waals surface area contributed by atoms with Gasteiger partial charge in [-0.25, -0.2) is 0 Å². The lowest BCUT2D eigenvalue weighted by atomic mass is 10.2. The summed E-state index contributed by atoms with van der Waals surface area (Å²) in [6, 6.07) is 6.35. The number of rotatable bonds is 6. The molecule has 1 aromatic carbocycles. The molecule has 5 heteroatoms. The fourth-order valence-corrected chi connectivity index (χ4v) is 3.02. The van der Waals surface area contributed by atoms with Crippen molar-refractivity contribution in [2.45, 2.75) is 33.2 Å². The number of benzene rings is 1. The highest BCUT2D eigenvalue weighted by Crippen LogP contribution is 2.31. The number of anilines is 1. The van der Waals surface area contributed by atoms with Crippen molar-refractivity contribution in [3.63, 3.8) is 0 Å². The molecule has 0 aromatic heterocycles. The van der Waals surface area contributed by atoms with E-state index in [1.807, 2.05) is 32.0 Å². The number of thioether (sulfide) groups is 1. The molecule has 1 N–H and O–H groups in total. The number of nitrogens with one attached hydrogen (secondary N) is 1. The van der Waals surface area contributed by atoms with E-state index in [9.17, 15) is 0 Å². The lowest BCUT2D eigenvalue weighted by molar-refractivity contribution is 0.288. The minimum absolute atomic E-state index is 0.441. The Morgan fingerprint density at radius 2 is 1.95 bits per heavy atom. The molecule has 4 nitrogen and oxygen atoms in total. The van der Waals surface area contributed by atoms with Crippen molar-refractivity contribution in [3.8, 4) is 11.5 Å². The molecule has 1 atom stereocenters. The Hall–Kier alpha value is -1.36. The first-order valence-electron chi connectivity index (χ1n) is 7.14. The summed E-state index contributed by atoms with van der Waals surface area (Å²) in [5.41, 5.74) is 0.986. The summed E-state index contributed by atoms with van der Waals surface area (Å²) in [6.45, 7) is 7.36. The van der Waals surface area contributed by atoms with E-state index >= 15 is 0 Å². The summed E-state index contributed by atoms with van der Waals surface area (Å²) < 4.78 is 11.2. The Balaban J connectivity index is 2.10. The van der Waals surface area contributed by atoms with Crippen molar-refractivity contribution in [1.29, 1.82) is 0 Å². The van der Waals surface area contributed by atoms with Crippen LogP contribution in [0.2, 0.25) is 0 Å². The van der Waals surface area contributed by atoms with Crippen molar-refractivity contribution in [2.75, 3.05) is 24.3 Å². The summed E-state index contributed by atoms with van der Waals surface area (Å²) in [7, 11) is 0. The van der Waals surface area contributed by atoms with Crippen molar-refractivity contribution in [2.24, 2.45) is 4.99 Å². The second-order valence-corrected chi connectivity index (χ2v) is 5.47. The molecule has 2 rings (SSSR count). The quantitative estimate of drug-likeness (QED) is 0.867. The van der Waals surface area contributed by atoms with Crippen LogP contribution in [-0.4, -0.2) is 30.2 Å². The van der Waals surface area contributed by atoms with Crippen molar-refractivity contribution in [3.05, 3.63) is 18.2 Å². The summed E-state index contributed by atoms with van der Waals surface area (Å²) >= 11 is 1.77. The fraction of sp³-hybridized carbons (Fsp3) is 0.533. The van der Waals surface area contributed by atoms with Crippen LogP contribution in [0.4, 0.5) is 5.69 Å². The van der Waals surface area contributed by atoms with E-state index in [2.05, 4.69) is 17.2 Å². The molecule has 1 aromatic rings. The monoisotopic (exact) mass is 294 g/mol. The molecular formula is C15H22N2O2S. The predicted molar refractivity (Wildman–Crippen MR) is 86.4 cm³/mol. The molecule has 0 fully saturated rings. The van der Waals surface area contributed by atoms with E-state index in [1.54, 1.807) is 11.8 Å². The Labute approximate surface area is 125 Å². The lowest BCUT2D eigenvalue weighted by Crippen LogP contribution is -2.06. The molecule has 1 aliphatic heterocycles. The highest BCUT2D eigenvalue weighted by molar-refractivity contribution is 8.14. The third-order valence-electron chi connectivity index (χ3n) is 2.98. The van der Waals surface area contributed by atoms with E-state index in [4.69, 9.17) is 9.47 Å². The molecule has 0 saturated carbocycles. The summed E-state index contributed by atoms with van der Waals surface area (Å²) in [5, 5.41) is 4.34. The molecule has 0 saturated heterocycles. The molecule has 0 spiro atoms. The van der Waals surface area contributed by atoms with Gasteiger partial charge in [-0.1, -0.05) is 18.7 Å². The molecule has 0 aliphatic carbocycles. The van der Waals surface area contributed by atoms with Crippen LogP contribution in [-0.2, 0) is 0 Å². The van der Waals surface area contributed by atoms with Gasteiger partial charge in [0.2, 0.25) is 0 Å². The van der Waals surface area contributed by atoms with Gasteiger partial charge in [-0.3, -0.25) is 4.99 Å². The first-order valence-corrected chi connectivity index (χ1v) is 8.12. The SMILES string of the molecule is CCOc1ccc(NC2=NC(CC)CS2)cc1OCC. The number of ether oxygens (including phenoxy) is 2. The second kappa shape index (κ2) is 7.43. The van der Waals surface area contributed by atoms with Crippen LogP contribution in [0, 0.1) is 0 Å². The molecule has 1 aliphatic rings. The van der Waals surface area contributed by atoms with Crippen molar-refractivity contribution >= 4 is 22.6 Å². The van der Waals surface area contributed by atoms with Gasteiger partial charge in [-0.2, -0.15) is 0 Å². The van der Waals surface area contributed by atoms with Gasteiger partial charge < -0.3 is 14.8 Å². The first-order chi connectivity index (χ1) is 9.76. The maximum absolute atomic E-state index is 5.63. The Kier molecular flexibility index (Phi) is 5.59. The van der Waals surface area contributed by atoms with Gasteiger partial charge in [0.15, 0.2) is 16.7 Å². The van der Waals surface area contributed by atoms with Crippen LogP contribution in [0.1, 0.15) is 27.2 Å². The predicted octanol–water partition coefficient (Wildman–Crippen LogP) is 3.78. The summed E-state index contributed by atoms with van der Waals surface area (Å²) in [6.07, 6.45) is 1.09. The zero-order valence-electron chi connectivity index (χ0n) is 12.3. The third-order valence-corrected chi connectivity index (χ3v) is 4.01. The first kappa shape index (κ1) is 15.0. The van der Waals surface area contributed by atoms with Gasteiger partial charge in [-0.15, -0.1) is 0 Å². The smallest absolute Gasteiger partial charge is 0.163 e. The van der Waals surface area contributed by atoms with E-state index < -0.39 is 0 Å². The van der Waals surface area contributed by atoms with E-state index in [1.165, 1.54) is 0 Å². The molecule has 0 bridgehead atoms. The number of hydrogen-bond acceptors (Lipinski definition) is 5. The molecule has 0 amide bonds. The fourth-order valence-electron chi connectivity index (χ4n) is 1.95. The number of aliphatic imine (C=N–C) groups is 1. The zero-order chi connectivity index (χ0) is 14.4. The average Bonchev–Trinajstić information content (AvgIpc) is 2.90. The van der Waals surface area contributed by atoms with Gasteiger partial charge >= 0.3 is 0 Å². The van der Waals surface area contributed by atoms with Gasteiger partial charge in [0.05, 0.1) is 19.3 Å². The van der Waals surface area contributed by atoms with Gasteiger partial charge in [0.25, 0.3) is 0 Å². The number of hydrogen-bond donors (Lipinski definition) is 1. The zero-order valence-corrected chi connectivity index (χ0v) is 13.1. The van der Waals surface area contributed by atoms with Crippen LogP contribution in [0.3, 0.4) is 0 Å². The highest BCUT2D eigenvalue weighted by Gasteiger charge is 2.17. The molecule has 0 radical (unpaired) electrons. The highest BCUT2D eigenvalue weighted by atomic mass is 32.2. The van der Waals surface area contributed by atoms with Crippen molar-refractivity contribution in [1.82, 2.24) is 0 Å². The molecule has 20 heavy (non-hydrogen) atoms. The van der Waals surface area contributed by atoms with E-state index in [-0.39, 0.29) is 0 Å². The largest absolute Gasteiger partial charge is 0.490 e. The Bertz CT molecular complexity index is 477. The Morgan fingerprint density at radius 3 is 2.60 bits per heavy atom. The molecule has 110 valence electrons. The van der Waals surface area contributed by atoms with Gasteiger partial charge in [-0.05, 0) is 32.4 Å². The van der Waals surface area contributed by atoms with Crippen LogP contribution >= 0.6 is 11.8 Å². The number of nitrogens with zero attached hydrogens (tertiary/aromatic N) is 1. The summed E-state index contributed by atoms with van der Waals surface area (Å²) in [4.78, 5) is 4.63. The second-order valence-electron chi connectivity index (χ2n) is 4.46. The minimum Gasteiger partial charge on any atom is -0.490 e. The Morgan fingerprint density at radius 1 is 1.20 bits per heavy atom. The minimum atomic E-state index is 0.441. The topological polar surface area (TPSA) is 42.8 Å². The maximum atomic E-state index is 5.63. The van der Waals surface area contributed by atoms with Crippen LogP contribution in [0.5, 0.6) is 11.5 Å². The molecular weight excluding hydrogens is 272 g/mol. The molecule has 1 heterocycles. The van der Waals surface area contributed by atoms with Gasteiger partial charge in [0, 0.05) is 17.5 Å². The van der Waals surface area contributed by atoms with Gasteiger partial charge in [0.1, 0.15) is 0 Å². The number of amidine groups is 1. The van der Waals surface area contributed by atoms with Crippen LogP contribution in [0.25, 0.3) is 0 Å². The van der Waals surface area contributed by atoms with Crippen LogP contribution < -0.4 is 14.8 Å². The van der Waals surface area contributed by atoms with E-state index in [0.717, 1.165) is 34.5 Å². The van der Waals surface area contributed by atoms with Crippen molar-refractivity contribution < 1.29 is 9.47 Å². The molecule has 1 unspecified atom stereocenters. The maximum Gasteiger partial charge on any atom is 0.163 e. The summed E-state index contributed by atoms with van der Waals surface area (Å²) in [5.74, 6) is 2.62.